The zero-order chi connectivity index (χ0) is 21.9. The van der Waals surface area contributed by atoms with Crippen LogP contribution in [0.1, 0.15) is 19.9 Å². The van der Waals surface area contributed by atoms with E-state index in [9.17, 15) is 0 Å². The Balaban J connectivity index is 1.44. The molecule has 0 amide bonds. The Kier molecular flexibility index (Phi) is 5.55. The maximum absolute atomic E-state index is 5.44. The molecule has 1 aliphatic heterocycles. The van der Waals surface area contributed by atoms with Gasteiger partial charge in [0, 0.05) is 36.7 Å². The minimum absolute atomic E-state index is 0.154. The molecule has 164 valence electrons. The number of imidazole rings is 1. The third kappa shape index (κ3) is 4.06. The molecule has 9 nitrogen and oxygen atoms in total. The van der Waals surface area contributed by atoms with Crippen LogP contribution < -0.4 is 15.5 Å². The Labute approximate surface area is 186 Å². The SMILES string of the molecule is CC(C)n1c(Nc2ccccn2)nc2c(Nc3ccc(N4CCOCC4)cc3)ncnc21. The first-order valence-corrected chi connectivity index (χ1v) is 10.8. The van der Waals surface area contributed by atoms with Crippen molar-refractivity contribution in [1.29, 1.82) is 0 Å². The van der Waals surface area contributed by atoms with Crippen LogP contribution in [0, 0.1) is 0 Å². The smallest absolute Gasteiger partial charge is 0.211 e. The second-order valence-electron chi connectivity index (χ2n) is 7.90. The normalized spacial score (nSPS) is 14.2. The number of morpholine rings is 1. The number of nitrogens with one attached hydrogen (secondary N) is 2. The highest BCUT2D eigenvalue weighted by Crippen LogP contribution is 2.30. The molecule has 32 heavy (non-hydrogen) atoms. The van der Waals surface area contributed by atoms with E-state index >= 15 is 0 Å². The van der Waals surface area contributed by atoms with Crippen molar-refractivity contribution in [3.05, 3.63) is 55.0 Å². The van der Waals surface area contributed by atoms with Crippen LogP contribution in [-0.2, 0) is 4.74 Å². The summed E-state index contributed by atoms with van der Waals surface area (Å²) < 4.78 is 7.50. The number of nitrogens with zero attached hydrogens (tertiary/aromatic N) is 6. The van der Waals surface area contributed by atoms with E-state index in [0.29, 0.717) is 17.3 Å². The van der Waals surface area contributed by atoms with Crippen LogP contribution in [0.3, 0.4) is 0 Å². The average Bonchev–Trinajstić information content (AvgIpc) is 3.20. The molecule has 1 fully saturated rings. The summed E-state index contributed by atoms with van der Waals surface area (Å²) in [7, 11) is 0. The molecule has 2 N–H and O–H groups in total. The molecule has 0 saturated carbocycles. The van der Waals surface area contributed by atoms with E-state index in [1.807, 2.05) is 18.2 Å². The summed E-state index contributed by atoms with van der Waals surface area (Å²) in [5.41, 5.74) is 3.61. The van der Waals surface area contributed by atoms with Crippen molar-refractivity contribution in [3.8, 4) is 0 Å². The molecular formula is C23H26N8O. The molecule has 0 atom stereocenters. The van der Waals surface area contributed by atoms with Crippen molar-refractivity contribution in [2.45, 2.75) is 19.9 Å². The Morgan fingerprint density at radius 2 is 1.75 bits per heavy atom. The predicted octanol–water partition coefficient (Wildman–Crippen LogP) is 4.13. The minimum Gasteiger partial charge on any atom is -0.378 e. The van der Waals surface area contributed by atoms with E-state index in [4.69, 9.17) is 9.72 Å². The topological polar surface area (TPSA) is 93.0 Å². The van der Waals surface area contributed by atoms with Crippen molar-refractivity contribution in [2.24, 2.45) is 0 Å². The van der Waals surface area contributed by atoms with Crippen molar-refractivity contribution < 1.29 is 4.74 Å². The maximum Gasteiger partial charge on any atom is 0.211 e. The second-order valence-corrected chi connectivity index (χ2v) is 7.90. The lowest BCUT2D eigenvalue weighted by Crippen LogP contribution is -2.36. The zero-order valence-corrected chi connectivity index (χ0v) is 18.2. The van der Waals surface area contributed by atoms with Gasteiger partial charge in [0.1, 0.15) is 12.1 Å². The lowest BCUT2D eigenvalue weighted by Gasteiger charge is -2.28. The van der Waals surface area contributed by atoms with Gasteiger partial charge in [-0.2, -0.15) is 0 Å². The summed E-state index contributed by atoms with van der Waals surface area (Å²) in [5.74, 6) is 2.07. The van der Waals surface area contributed by atoms with Crippen LogP contribution >= 0.6 is 0 Å². The quantitative estimate of drug-likeness (QED) is 0.472. The molecule has 4 aromatic rings. The molecule has 0 unspecified atom stereocenters. The van der Waals surface area contributed by atoms with E-state index in [-0.39, 0.29) is 6.04 Å². The first kappa shape index (κ1) is 20.2. The molecule has 0 aliphatic carbocycles. The van der Waals surface area contributed by atoms with Gasteiger partial charge in [0.15, 0.2) is 17.0 Å². The minimum atomic E-state index is 0.154. The monoisotopic (exact) mass is 430 g/mol. The standard InChI is InChI=1S/C23H26N8O/c1-16(2)31-22-20(29-23(31)28-19-5-3-4-10-24-19)21(25-15-26-22)27-17-6-8-18(9-7-17)30-11-13-32-14-12-30/h3-10,15-16H,11-14H2,1-2H3,(H,24,28,29)(H,25,26,27). The van der Waals surface area contributed by atoms with Crippen LogP contribution in [0.15, 0.2) is 55.0 Å². The largest absolute Gasteiger partial charge is 0.378 e. The molecule has 1 aromatic carbocycles. The highest BCUT2D eigenvalue weighted by molar-refractivity contribution is 5.88. The van der Waals surface area contributed by atoms with E-state index < -0.39 is 0 Å². The van der Waals surface area contributed by atoms with Crippen molar-refractivity contribution in [2.75, 3.05) is 41.8 Å². The summed E-state index contributed by atoms with van der Waals surface area (Å²) >= 11 is 0. The number of hydrogen-bond acceptors (Lipinski definition) is 8. The van der Waals surface area contributed by atoms with Gasteiger partial charge in [-0.25, -0.2) is 19.9 Å². The molecule has 5 rings (SSSR count). The van der Waals surface area contributed by atoms with Crippen molar-refractivity contribution in [3.63, 3.8) is 0 Å². The fourth-order valence-corrected chi connectivity index (χ4v) is 3.84. The summed E-state index contributed by atoms with van der Waals surface area (Å²) in [6.07, 6.45) is 3.32. The molecule has 1 aliphatic rings. The van der Waals surface area contributed by atoms with Crippen molar-refractivity contribution in [1.82, 2.24) is 24.5 Å². The van der Waals surface area contributed by atoms with E-state index in [1.54, 1.807) is 12.5 Å². The molecular weight excluding hydrogens is 404 g/mol. The van der Waals surface area contributed by atoms with Crippen LogP contribution in [0.2, 0.25) is 0 Å². The number of benzene rings is 1. The Hall–Kier alpha value is -3.72. The average molecular weight is 431 g/mol. The lowest BCUT2D eigenvalue weighted by molar-refractivity contribution is 0.122. The summed E-state index contributed by atoms with van der Waals surface area (Å²) in [4.78, 5) is 20.5. The molecule has 9 heteroatoms. The van der Waals surface area contributed by atoms with Crippen LogP contribution in [0.4, 0.5) is 29.0 Å². The number of hydrogen-bond donors (Lipinski definition) is 2. The number of pyridine rings is 1. The fraction of sp³-hybridized carbons (Fsp3) is 0.304. The van der Waals surface area contributed by atoms with Gasteiger partial charge in [-0.3, -0.25) is 4.57 Å². The lowest BCUT2D eigenvalue weighted by atomic mass is 10.2. The van der Waals surface area contributed by atoms with Gasteiger partial charge in [0.25, 0.3) is 0 Å². The third-order valence-corrected chi connectivity index (χ3v) is 5.40. The summed E-state index contributed by atoms with van der Waals surface area (Å²) in [5, 5.41) is 6.71. The number of rotatable bonds is 6. The number of aromatic nitrogens is 5. The Morgan fingerprint density at radius 1 is 0.938 bits per heavy atom. The predicted molar refractivity (Wildman–Crippen MR) is 126 cm³/mol. The van der Waals surface area contributed by atoms with Crippen LogP contribution in [-0.4, -0.2) is 50.8 Å². The number of ether oxygens (including phenoxy) is 1. The molecule has 1 saturated heterocycles. The first-order chi connectivity index (χ1) is 15.7. The van der Waals surface area contributed by atoms with Crippen LogP contribution in [0.25, 0.3) is 11.2 Å². The van der Waals surface area contributed by atoms with Gasteiger partial charge in [-0.1, -0.05) is 6.07 Å². The van der Waals surface area contributed by atoms with Gasteiger partial charge >= 0.3 is 0 Å². The molecule has 0 bridgehead atoms. The number of fused-ring (bicyclic) bond motifs is 1. The van der Waals surface area contributed by atoms with Gasteiger partial charge in [-0.15, -0.1) is 0 Å². The highest BCUT2D eigenvalue weighted by Gasteiger charge is 2.19. The molecule has 3 aromatic heterocycles. The molecule has 4 heterocycles. The van der Waals surface area contributed by atoms with E-state index in [2.05, 4.69) is 73.2 Å². The highest BCUT2D eigenvalue weighted by atomic mass is 16.5. The van der Waals surface area contributed by atoms with Gasteiger partial charge < -0.3 is 20.3 Å². The summed E-state index contributed by atoms with van der Waals surface area (Å²) in [6, 6.07) is 14.2. The van der Waals surface area contributed by atoms with Crippen LogP contribution in [0.5, 0.6) is 0 Å². The first-order valence-electron chi connectivity index (χ1n) is 10.8. The van der Waals surface area contributed by atoms with Crippen molar-refractivity contribution >= 4 is 40.1 Å². The van der Waals surface area contributed by atoms with Gasteiger partial charge in [0.05, 0.1) is 13.2 Å². The molecule has 0 spiro atoms. The summed E-state index contributed by atoms with van der Waals surface area (Å²) in [6.45, 7) is 7.57. The second kappa shape index (κ2) is 8.80. The maximum atomic E-state index is 5.44. The van der Waals surface area contributed by atoms with E-state index in [1.165, 1.54) is 5.69 Å². The Bertz CT molecular complexity index is 1180. The Morgan fingerprint density at radius 3 is 2.47 bits per heavy atom. The fourth-order valence-electron chi connectivity index (χ4n) is 3.84. The van der Waals surface area contributed by atoms with Gasteiger partial charge in [-0.05, 0) is 50.2 Å². The zero-order valence-electron chi connectivity index (χ0n) is 18.2. The number of anilines is 5. The van der Waals surface area contributed by atoms with E-state index in [0.717, 1.165) is 43.5 Å². The third-order valence-electron chi connectivity index (χ3n) is 5.40. The molecule has 0 radical (unpaired) electrons. The van der Waals surface area contributed by atoms with Gasteiger partial charge in [0.2, 0.25) is 5.95 Å².